The molecule has 0 aromatic carbocycles. The minimum absolute atomic E-state index is 0.0950. The van der Waals surface area contributed by atoms with Crippen LogP contribution in [0.2, 0.25) is 0 Å². The third-order valence-corrected chi connectivity index (χ3v) is 1.17. The molecule has 14 heavy (non-hydrogen) atoms. The molecule has 2 N–H and O–H groups in total. The fourth-order valence-electron chi connectivity index (χ4n) is 0.649. The van der Waals surface area contributed by atoms with Crippen LogP contribution in [-0.4, -0.2) is 35.6 Å². The molecule has 0 saturated heterocycles. The van der Waals surface area contributed by atoms with Gasteiger partial charge in [-0.15, -0.1) is 0 Å². The summed E-state index contributed by atoms with van der Waals surface area (Å²) in [5, 5.41) is 10.5. The van der Waals surface area contributed by atoms with Crippen molar-refractivity contribution < 1.29 is 24.2 Å². The first-order chi connectivity index (χ1) is 6.49. The van der Waals surface area contributed by atoms with Gasteiger partial charge in [-0.3, -0.25) is 4.79 Å². The van der Waals surface area contributed by atoms with Gasteiger partial charge in [-0.1, -0.05) is 12.7 Å². The lowest BCUT2D eigenvalue weighted by Crippen LogP contribution is -2.46. The maximum atomic E-state index is 11.0. The maximum Gasteiger partial charge on any atom is 0.340 e. The van der Waals surface area contributed by atoms with Gasteiger partial charge in [0.25, 0.3) is 0 Å². The van der Waals surface area contributed by atoms with E-state index in [1.807, 2.05) is 5.32 Å². The van der Waals surface area contributed by atoms with E-state index >= 15 is 0 Å². The number of hydrogen-bond donors (Lipinski definition) is 2. The quantitative estimate of drug-likeness (QED) is 0.348. The lowest BCUT2D eigenvalue weighted by Gasteiger charge is -2.11. The van der Waals surface area contributed by atoms with Gasteiger partial charge < -0.3 is 15.2 Å². The van der Waals surface area contributed by atoms with Gasteiger partial charge in [0.2, 0.25) is 11.9 Å². The van der Waals surface area contributed by atoms with Crippen molar-refractivity contribution in [2.24, 2.45) is 0 Å². The molecule has 0 saturated carbocycles. The molecular formula is C8H11NO5. The highest BCUT2D eigenvalue weighted by Crippen LogP contribution is 1.90. The topological polar surface area (TPSA) is 92.7 Å². The minimum Gasteiger partial charge on any atom is -0.479 e. The largest absolute Gasteiger partial charge is 0.479 e. The minimum atomic E-state index is -1.66. The molecule has 0 radical (unpaired) electrons. The van der Waals surface area contributed by atoms with Gasteiger partial charge in [0.05, 0.1) is 0 Å². The highest BCUT2D eigenvalue weighted by Gasteiger charge is 2.28. The molecule has 0 aliphatic heterocycles. The summed E-state index contributed by atoms with van der Waals surface area (Å²) in [5.74, 6) is -3.10. The van der Waals surface area contributed by atoms with Crippen molar-refractivity contribution in [3.63, 3.8) is 0 Å². The van der Waals surface area contributed by atoms with E-state index < -0.39 is 23.9 Å². The van der Waals surface area contributed by atoms with Crippen molar-refractivity contribution >= 4 is 17.8 Å². The first-order valence-corrected chi connectivity index (χ1v) is 3.76. The first kappa shape index (κ1) is 12.2. The van der Waals surface area contributed by atoms with Gasteiger partial charge in [0, 0.05) is 6.92 Å². The SMILES string of the molecule is C=CCOC(=O)C(NC(C)=O)C(=O)O. The van der Waals surface area contributed by atoms with E-state index in [0.29, 0.717) is 0 Å². The number of aliphatic carboxylic acids is 1. The van der Waals surface area contributed by atoms with Crippen LogP contribution in [0.3, 0.4) is 0 Å². The molecule has 0 spiro atoms. The van der Waals surface area contributed by atoms with Gasteiger partial charge in [-0.2, -0.15) is 0 Å². The van der Waals surface area contributed by atoms with Gasteiger partial charge in [-0.25, -0.2) is 9.59 Å². The number of nitrogens with one attached hydrogen (secondary N) is 1. The monoisotopic (exact) mass is 201 g/mol. The summed E-state index contributed by atoms with van der Waals surface area (Å²) >= 11 is 0. The van der Waals surface area contributed by atoms with Crippen molar-refractivity contribution in [2.45, 2.75) is 13.0 Å². The Morgan fingerprint density at radius 2 is 2.14 bits per heavy atom. The van der Waals surface area contributed by atoms with E-state index in [1.165, 1.54) is 6.08 Å². The van der Waals surface area contributed by atoms with Gasteiger partial charge in [-0.05, 0) is 0 Å². The summed E-state index contributed by atoms with van der Waals surface area (Å²) in [5.41, 5.74) is 0. The zero-order valence-corrected chi connectivity index (χ0v) is 7.65. The van der Waals surface area contributed by atoms with Crippen molar-refractivity contribution in [3.8, 4) is 0 Å². The first-order valence-electron chi connectivity index (χ1n) is 3.76. The maximum absolute atomic E-state index is 11.0. The summed E-state index contributed by atoms with van der Waals surface area (Å²) in [6.07, 6.45) is 1.30. The highest BCUT2D eigenvalue weighted by molar-refractivity contribution is 6.01. The summed E-state index contributed by atoms with van der Waals surface area (Å²) < 4.78 is 4.46. The Kier molecular flexibility index (Phi) is 4.98. The standard InChI is InChI=1S/C8H11NO5/c1-3-4-14-8(13)6(7(11)12)9-5(2)10/h3,6H,1,4H2,2H3,(H,9,10)(H,11,12). The average Bonchev–Trinajstić information content (AvgIpc) is 2.09. The summed E-state index contributed by atoms with van der Waals surface area (Å²) in [4.78, 5) is 32.0. The van der Waals surface area contributed by atoms with Gasteiger partial charge in [0.1, 0.15) is 6.61 Å². The normalized spacial score (nSPS) is 11.2. The zero-order chi connectivity index (χ0) is 11.1. The Morgan fingerprint density at radius 3 is 2.50 bits per heavy atom. The number of carbonyl (C=O) groups excluding carboxylic acids is 2. The molecule has 1 atom stereocenters. The van der Waals surface area contributed by atoms with Crippen LogP contribution in [0.25, 0.3) is 0 Å². The molecular weight excluding hydrogens is 190 g/mol. The Hall–Kier alpha value is -1.85. The lowest BCUT2D eigenvalue weighted by molar-refractivity contribution is -0.156. The second-order valence-electron chi connectivity index (χ2n) is 2.39. The van der Waals surface area contributed by atoms with Crippen molar-refractivity contribution in [1.82, 2.24) is 5.32 Å². The Labute approximate surface area is 80.5 Å². The van der Waals surface area contributed by atoms with Crippen LogP contribution in [0.15, 0.2) is 12.7 Å². The Morgan fingerprint density at radius 1 is 1.57 bits per heavy atom. The fraction of sp³-hybridized carbons (Fsp3) is 0.375. The van der Waals surface area contributed by atoms with E-state index in [4.69, 9.17) is 5.11 Å². The van der Waals surface area contributed by atoms with E-state index in [2.05, 4.69) is 11.3 Å². The number of esters is 1. The molecule has 0 aromatic rings. The number of rotatable bonds is 5. The van der Waals surface area contributed by atoms with E-state index in [-0.39, 0.29) is 6.61 Å². The molecule has 0 bridgehead atoms. The molecule has 0 aromatic heterocycles. The number of hydrogen-bond acceptors (Lipinski definition) is 4. The number of carboxylic acid groups (broad SMARTS) is 1. The third-order valence-electron chi connectivity index (χ3n) is 1.17. The smallest absolute Gasteiger partial charge is 0.340 e. The highest BCUT2D eigenvalue weighted by atomic mass is 16.5. The van der Waals surface area contributed by atoms with Crippen molar-refractivity contribution in [3.05, 3.63) is 12.7 Å². The molecule has 0 fully saturated rings. The van der Waals surface area contributed by atoms with Gasteiger partial charge >= 0.3 is 11.9 Å². The fourth-order valence-corrected chi connectivity index (χ4v) is 0.649. The predicted octanol–water partition coefficient (Wildman–Crippen LogP) is -0.695. The predicted molar refractivity (Wildman–Crippen MR) is 46.4 cm³/mol. The molecule has 0 rings (SSSR count). The zero-order valence-electron chi connectivity index (χ0n) is 7.65. The molecule has 0 aliphatic carbocycles. The van der Waals surface area contributed by atoms with Crippen LogP contribution in [0.5, 0.6) is 0 Å². The van der Waals surface area contributed by atoms with E-state index in [1.54, 1.807) is 0 Å². The van der Waals surface area contributed by atoms with Crippen LogP contribution in [-0.2, 0) is 19.1 Å². The van der Waals surface area contributed by atoms with Crippen LogP contribution in [0.1, 0.15) is 6.92 Å². The molecule has 1 amide bonds. The molecule has 0 heterocycles. The van der Waals surface area contributed by atoms with Crippen molar-refractivity contribution in [1.29, 1.82) is 0 Å². The summed E-state index contributed by atoms with van der Waals surface area (Å²) in [7, 11) is 0. The second kappa shape index (κ2) is 5.74. The molecule has 6 heteroatoms. The number of carbonyl (C=O) groups is 3. The number of ether oxygens (including phenoxy) is 1. The third kappa shape index (κ3) is 4.24. The Bertz CT molecular complexity index is 260. The van der Waals surface area contributed by atoms with Gasteiger partial charge in [0.15, 0.2) is 0 Å². The Balaban J connectivity index is 4.33. The lowest BCUT2D eigenvalue weighted by atomic mass is 10.3. The summed E-state index contributed by atoms with van der Waals surface area (Å²) in [6.45, 7) is 4.30. The average molecular weight is 201 g/mol. The number of carboxylic acids is 1. The molecule has 6 nitrogen and oxygen atoms in total. The summed E-state index contributed by atoms with van der Waals surface area (Å²) in [6, 6.07) is -1.66. The molecule has 78 valence electrons. The van der Waals surface area contributed by atoms with Crippen LogP contribution in [0.4, 0.5) is 0 Å². The van der Waals surface area contributed by atoms with E-state index in [0.717, 1.165) is 6.92 Å². The van der Waals surface area contributed by atoms with Crippen molar-refractivity contribution in [2.75, 3.05) is 6.61 Å². The van der Waals surface area contributed by atoms with Crippen LogP contribution < -0.4 is 5.32 Å². The van der Waals surface area contributed by atoms with Crippen LogP contribution >= 0.6 is 0 Å². The molecule has 0 aliphatic rings. The number of amides is 1. The van der Waals surface area contributed by atoms with Crippen LogP contribution in [0, 0.1) is 0 Å². The molecule has 1 unspecified atom stereocenters. The second-order valence-corrected chi connectivity index (χ2v) is 2.39. The van der Waals surface area contributed by atoms with E-state index in [9.17, 15) is 14.4 Å².